The van der Waals surface area contributed by atoms with Crippen LogP contribution in [-0.2, 0) is 0 Å². The fraction of sp³-hybridized carbons (Fsp3) is 0.118. The summed E-state index contributed by atoms with van der Waals surface area (Å²) in [5.74, 6) is -1.03. The quantitative estimate of drug-likeness (QED) is 0.742. The van der Waals surface area contributed by atoms with E-state index in [1.807, 2.05) is 17.5 Å². The summed E-state index contributed by atoms with van der Waals surface area (Å²) in [5.41, 5.74) is 0.755. The number of thioether (sulfide) groups is 1. The molecule has 1 amide bonds. The Labute approximate surface area is 155 Å². The Morgan fingerprint density at radius 2 is 2.12 bits per heavy atom. The van der Waals surface area contributed by atoms with E-state index in [2.05, 4.69) is 15.4 Å². The number of nitrogens with one attached hydrogen (secondary N) is 1. The average molecular weight is 390 g/mol. The number of carbonyl (C=O) groups excluding carboxylic acids is 1. The van der Waals surface area contributed by atoms with Crippen LogP contribution in [0.25, 0.3) is 16.3 Å². The van der Waals surface area contributed by atoms with E-state index >= 15 is 0 Å². The first-order chi connectivity index (χ1) is 12.6. The van der Waals surface area contributed by atoms with Crippen molar-refractivity contribution in [3.8, 4) is 16.3 Å². The molecule has 26 heavy (non-hydrogen) atoms. The molecule has 5 nitrogen and oxygen atoms in total. The van der Waals surface area contributed by atoms with Crippen molar-refractivity contribution in [2.24, 2.45) is 4.99 Å². The molecule has 0 atom stereocenters. The van der Waals surface area contributed by atoms with Crippen LogP contribution in [0.1, 0.15) is 10.5 Å². The summed E-state index contributed by atoms with van der Waals surface area (Å²) in [7, 11) is 0. The largest absolute Gasteiger partial charge is 0.300 e. The maximum atomic E-state index is 14.3. The van der Waals surface area contributed by atoms with Gasteiger partial charge in [-0.15, -0.1) is 11.3 Å². The number of carbonyl (C=O) groups is 1. The number of aromatic nitrogens is 2. The standard InChI is InChI=1S/C17H12F2N4OS2/c18-10-3-4-13(11(19)8-10)23-14(15-2-1-6-25-15)9-12(22-23)16(24)21-17-20-5-7-26-17/h1-4,6,8-9H,5,7H2,(H,20,21,24). The summed E-state index contributed by atoms with van der Waals surface area (Å²) in [6, 6.07) is 8.53. The van der Waals surface area contributed by atoms with Gasteiger partial charge in [0.2, 0.25) is 0 Å². The van der Waals surface area contributed by atoms with Gasteiger partial charge in [0.25, 0.3) is 5.91 Å². The third-order valence-electron chi connectivity index (χ3n) is 3.66. The topological polar surface area (TPSA) is 59.3 Å². The molecule has 0 bridgehead atoms. The van der Waals surface area contributed by atoms with Crippen molar-refractivity contribution in [2.45, 2.75) is 0 Å². The molecule has 9 heteroatoms. The predicted octanol–water partition coefficient (Wildman–Crippen LogP) is 3.71. The molecule has 1 aliphatic rings. The molecule has 0 saturated heterocycles. The number of aliphatic imine (C=N–C) groups is 1. The molecular weight excluding hydrogens is 378 g/mol. The van der Waals surface area contributed by atoms with E-state index in [0.29, 0.717) is 17.4 Å². The average Bonchev–Trinajstić information content (AvgIpc) is 3.36. The molecule has 0 spiro atoms. The SMILES string of the molecule is O=C(NC1=NCCS1)c1cc(-c2cccs2)n(-c2ccc(F)cc2F)n1. The summed E-state index contributed by atoms with van der Waals surface area (Å²) in [6.45, 7) is 0.663. The van der Waals surface area contributed by atoms with Gasteiger partial charge >= 0.3 is 0 Å². The lowest BCUT2D eigenvalue weighted by Gasteiger charge is -2.07. The Balaban J connectivity index is 1.77. The number of nitrogens with zero attached hydrogens (tertiary/aromatic N) is 3. The minimum absolute atomic E-state index is 0.0708. The summed E-state index contributed by atoms with van der Waals surface area (Å²) in [4.78, 5) is 17.5. The summed E-state index contributed by atoms with van der Waals surface area (Å²) in [5, 5.41) is 9.38. The van der Waals surface area contributed by atoms with Crippen LogP contribution in [0, 0.1) is 11.6 Å². The second-order valence-electron chi connectivity index (χ2n) is 5.39. The second kappa shape index (κ2) is 7.00. The monoisotopic (exact) mass is 390 g/mol. The number of thiophene rings is 1. The minimum atomic E-state index is -0.756. The van der Waals surface area contributed by atoms with Gasteiger partial charge in [0, 0.05) is 11.8 Å². The molecule has 1 N–H and O–H groups in total. The third kappa shape index (κ3) is 3.27. The van der Waals surface area contributed by atoms with Crippen LogP contribution in [0.5, 0.6) is 0 Å². The van der Waals surface area contributed by atoms with E-state index in [0.717, 1.165) is 22.8 Å². The fourth-order valence-corrected chi connectivity index (χ4v) is 3.95. The lowest BCUT2D eigenvalue weighted by molar-refractivity contribution is 0.0972. The lowest BCUT2D eigenvalue weighted by Crippen LogP contribution is -2.27. The predicted molar refractivity (Wildman–Crippen MR) is 99.0 cm³/mol. The maximum Gasteiger partial charge on any atom is 0.277 e. The van der Waals surface area contributed by atoms with Crippen molar-refractivity contribution in [3.05, 3.63) is 59.1 Å². The van der Waals surface area contributed by atoms with Crippen LogP contribution in [0.15, 0.2) is 46.8 Å². The Bertz CT molecular complexity index is 998. The molecule has 3 heterocycles. The summed E-state index contributed by atoms with van der Waals surface area (Å²) >= 11 is 2.89. The van der Waals surface area contributed by atoms with Gasteiger partial charge in [-0.25, -0.2) is 13.5 Å². The van der Waals surface area contributed by atoms with E-state index in [1.54, 1.807) is 6.07 Å². The van der Waals surface area contributed by atoms with Gasteiger partial charge in [0.15, 0.2) is 16.7 Å². The van der Waals surface area contributed by atoms with Crippen LogP contribution < -0.4 is 5.32 Å². The van der Waals surface area contributed by atoms with Gasteiger partial charge in [-0.1, -0.05) is 17.8 Å². The second-order valence-corrected chi connectivity index (χ2v) is 7.42. The van der Waals surface area contributed by atoms with Crippen molar-refractivity contribution in [1.29, 1.82) is 0 Å². The highest BCUT2D eigenvalue weighted by Crippen LogP contribution is 2.29. The molecule has 4 rings (SSSR count). The van der Waals surface area contributed by atoms with Crippen LogP contribution in [0.3, 0.4) is 0 Å². The van der Waals surface area contributed by atoms with Crippen molar-refractivity contribution >= 4 is 34.2 Å². The molecule has 0 fully saturated rings. The first kappa shape index (κ1) is 16.9. The van der Waals surface area contributed by atoms with Gasteiger partial charge in [-0.05, 0) is 29.6 Å². The third-order valence-corrected chi connectivity index (χ3v) is 5.44. The van der Waals surface area contributed by atoms with Crippen LogP contribution in [0.4, 0.5) is 8.78 Å². The van der Waals surface area contributed by atoms with Crippen LogP contribution in [0.2, 0.25) is 0 Å². The van der Waals surface area contributed by atoms with Gasteiger partial charge < -0.3 is 0 Å². The molecule has 2 aromatic heterocycles. The van der Waals surface area contributed by atoms with Crippen LogP contribution >= 0.6 is 23.1 Å². The van der Waals surface area contributed by atoms with Crippen molar-refractivity contribution in [1.82, 2.24) is 15.1 Å². The zero-order valence-electron chi connectivity index (χ0n) is 13.3. The molecule has 0 aliphatic carbocycles. The van der Waals surface area contributed by atoms with E-state index in [1.165, 1.54) is 33.8 Å². The van der Waals surface area contributed by atoms with Crippen molar-refractivity contribution < 1.29 is 13.6 Å². The number of hydrogen-bond donors (Lipinski definition) is 1. The highest BCUT2D eigenvalue weighted by molar-refractivity contribution is 8.14. The minimum Gasteiger partial charge on any atom is -0.300 e. The maximum absolute atomic E-state index is 14.3. The van der Waals surface area contributed by atoms with E-state index in [9.17, 15) is 13.6 Å². The smallest absolute Gasteiger partial charge is 0.277 e. The zero-order valence-corrected chi connectivity index (χ0v) is 14.9. The zero-order chi connectivity index (χ0) is 18.1. The fourth-order valence-electron chi connectivity index (χ4n) is 2.50. The van der Waals surface area contributed by atoms with Gasteiger partial charge in [0.05, 0.1) is 17.1 Å². The molecule has 1 aromatic carbocycles. The number of rotatable bonds is 3. The summed E-state index contributed by atoms with van der Waals surface area (Å²) in [6.07, 6.45) is 0. The normalized spacial score (nSPS) is 13.7. The first-order valence-electron chi connectivity index (χ1n) is 7.70. The number of amidine groups is 1. The molecule has 1 aliphatic heterocycles. The Morgan fingerprint density at radius 1 is 1.23 bits per heavy atom. The van der Waals surface area contributed by atoms with Gasteiger partial charge in [-0.2, -0.15) is 5.10 Å². The van der Waals surface area contributed by atoms with Crippen molar-refractivity contribution in [3.63, 3.8) is 0 Å². The first-order valence-corrected chi connectivity index (χ1v) is 9.56. The van der Waals surface area contributed by atoms with E-state index in [-0.39, 0.29) is 11.4 Å². The number of amides is 1. The molecular formula is C17H12F2N4OS2. The Morgan fingerprint density at radius 3 is 2.81 bits per heavy atom. The number of hydrogen-bond acceptors (Lipinski definition) is 5. The molecule has 3 aromatic rings. The van der Waals surface area contributed by atoms with Gasteiger partial charge in [0.1, 0.15) is 11.5 Å². The van der Waals surface area contributed by atoms with Gasteiger partial charge in [-0.3, -0.25) is 15.1 Å². The van der Waals surface area contributed by atoms with Crippen molar-refractivity contribution in [2.75, 3.05) is 12.3 Å². The lowest BCUT2D eigenvalue weighted by atomic mass is 10.2. The van der Waals surface area contributed by atoms with E-state index < -0.39 is 17.5 Å². The molecule has 132 valence electrons. The Kier molecular flexibility index (Phi) is 4.56. The highest BCUT2D eigenvalue weighted by atomic mass is 32.2. The van der Waals surface area contributed by atoms with E-state index in [4.69, 9.17) is 0 Å². The molecule has 0 unspecified atom stereocenters. The Hall–Kier alpha value is -2.52. The number of halogens is 2. The summed E-state index contributed by atoms with van der Waals surface area (Å²) < 4.78 is 28.8. The molecule has 0 radical (unpaired) electrons. The van der Waals surface area contributed by atoms with Crippen LogP contribution in [-0.4, -0.2) is 33.2 Å². The highest BCUT2D eigenvalue weighted by Gasteiger charge is 2.21. The number of benzene rings is 1. The molecule has 0 saturated carbocycles.